The van der Waals surface area contributed by atoms with Gasteiger partial charge in [0, 0.05) is 56.6 Å². The largest absolute Gasteiger partial charge is 0.336 e. The molecule has 0 spiro atoms. The minimum absolute atomic E-state index is 0.159. The Balaban J connectivity index is 1.59. The van der Waals surface area contributed by atoms with Gasteiger partial charge in [0.25, 0.3) is 5.91 Å². The molecule has 1 amide bonds. The lowest BCUT2D eigenvalue weighted by Gasteiger charge is -2.35. The topological polar surface area (TPSA) is 41.4 Å². The van der Waals surface area contributed by atoms with Crippen molar-refractivity contribution in [3.63, 3.8) is 0 Å². The van der Waals surface area contributed by atoms with Crippen LogP contribution in [0.5, 0.6) is 0 Å². The fourth-order valence-electron chi connectivity index (χ4n) is 3.45. The van der Waals surface area contributed by atoms with Crippen molar-refractivity contribution in [1.82, 2.24) is 19.6 Å². The molecule has 2 heterocycles. The van der Waals surface area contributed by atoms with Crippen molar-refractivity contribution in [3.05, 3.63) is 52.3 Å². The Bertz CT molecular complexity index is 757. The number of carbonyl (C=O) groups excluding carboxylic acids is 1. The van der Waals surface area contributed by atoms with E-state index in [0.29, 0.717) is 0 Å². The van der Waals surface area contributed by atoms with Gasteiger partial charge in [0.05, 0.1) is 5.69 Å². The van der Waals surface area contributed by atoms with Gasteiger partial charge in [-0.1, -0.05) is 17.7 Å². The SMILES string of the molecule is CCn1cc(CN2CCN(C(=O)c3ccc(C)cc3C)CC2)c(C)n1. The number of amides is 1. The van der Waals surface area contributed by atoms with Crippen LogP contribution >= 0.6 is 0 Å². The minimum Gasteiger partial charge on any atom is -0.336 e. The number of hydrogen-bond donors (Lipinski definition) is 0. The van der Waals surface area contributed by atoms with Gasteiger partial charge in [-0.3, -0.25) is 14.4 Å². The lowest BCUT2D eigenvalue weighted by atomic mass is 10.0. The van der Waals surface area contributed by atoms with Crippen LogP contribution in [0.1, 0.15) is 39.7 Å². The molecule has 1 aliphatic heterocycles. The first-order valence-electron chi connectivity index (χ1n) is 9.09. The average molecular weight is 340 g/mol. The molecule has 2 aromatic rings. The van der Waals surface area contributed by atoms with E-state index < -0.39 is 0 Å². The highest BCUT2D eigenvalue weighted by Gasteiger charge is 2.23. The molecule has 0 atom stereocenters. The Morgan fingerprint density at radius 2 is 1.84 bits per heavy atom. The Labute approximate surface area is 150 Å². The second-order valence-corrected chi connectivity index (χ2v) is 6.98. The summed E-state index contributed by atoms with van der Waals surface area (Å²) in [6, 6.07) is 6.06. The van der Waals surface area contributed by atoms with Crippen LogP contribution in [-0.2, 0) is 13.1 Å². The van der Waals surface area contributed by atoms with Gasteiger partial charge in [0.2, 0.25) is 0 Å². The van der Waals surface area contributed by atoms with E-state index in [2.05, 4.69) is 43.0 Å². The molecule has 1 aromatic carbocycles. The molecule has 5 nitrogen and oxygen atoms in total. The summed E-state index contributed by atoms with van der Waals surface area (Å²) in [5.74, 6) is 0.159. The van der Waals surface area contributed by atoms with E-state index in [1.165, 1.54) is 11.1 Å². The summed E-state index contributed by atoms with van der Waals surface area (Å²) in [5.41, 5.74) is 5.49. The maximum absolute atomic E-state index is 12.8. The molecule has 0 aliphatic carbocycles. The van der Waals surface area contributed by atoms with Gasteiger partial charge in [0.1, 0.15) is 0 Å². The van der Waals surface area contributed by atoms with E-state index in [1.807, 2.05) is 28.6 Å². The zero-order valence-corrected chi connectivity index (χ0v) is 15.7. The molecule has 1 aliphatic rings. The van der Waals surface area contributed by atoms with Crippen LogP contribution in [0.25, 0.3) is 0 Å². The van der Waals surface area contributed by atoms with Crippen LogP contribution in [-0.4, -0.2) is 51.7 Å². The van der Waals surface area contributed by atoms with Crippen molar-refractivity contribution in [2.45, 2.75) is 40.8 Å². The summed E-state index contributed by atoms with van der Waals surface area (Å²) >= 11 is 0. The highest BCUT2D eigenvalue weighted by atomic mass is 16.2. The summed E-state index contributed by atoms with van der Waals surface area (Å²) in [6.07, 6.45) is 2.14. The highest BCUT2D eigenvalue weighted by Crippen LogP contribution is 2.16. The third kappa shape index (κ3) is 3.93. The Morgan fingerprint density at radius 1 is 1.12 bits per heavy atom. The fraction of sp³-hybridized carbons (Fsp3) is 0.500. The van der Waals surface area contributed by atoms with Crippen LogP contribution in [0.4, 0.5) is 0 Å². The number of piperazine rings is 1. The molecule has 1 saturated heterocycles. The summed E-state index contributed by atoms with van der Waals surface area (Å²) in [4.78, 5) is 17.2. The molecule has 5 heteroatoms. The molecular formula is C20H28N4O. The normalized spacial score (nSPS) is 15.6. The highest BCUT2D eigenvalue weighted by molar-refractivity contribution is 5.95. The smallest absolute Gasteiger partial charge is 0.254 e. The van der Waals surface area contributed by atoms with Crippen molar-refractivity contribution in [1.29, 1.82) is 0 Å². The average Bonchev–Trinajstić information content (AvgIpc) is 2.95. The third-order valence-electron chi connectivity index (χ3n) is 5.04. The summed E-state index contributed by atoms with van der Waals surface area (Å²) in [5, 5.41) is 4.52. The molecule has 1 fully saturated rings. The van der Waals surface area contributed by atoms with E-state index in [0.717, 1.165) is 56.1 Å². The summed E-state index contributed by atoms with van der Waals surface area (Å²) < 4.78 is 1.99. The molecule has 0 N–H and O–H groups in total. The van der Waals surface area contributed by atoms with E-state index in [4.69, 9.17) is 0 Å². The zero-order valence-electron chi connectivity index (χ0n) is 15.7. The lowest BCUT2D eigenvalue weighted by molar-refractivity contribution is 0.0627. The van der Waals surface area contributed by atoms with Gasteiger partial charge in [0.15, 0.2) is 0 Å². The van der Waals surface area contributed by atoms with Crippen LogP contribution in [0, 0.1) is 20.8 Å². The predicted molar refractivity (Wildman–Crippen MR) is 99.7 cm³/mol. The maximum Gasteiger partial charge on any atom is 0.254 e. The van der Waals surface area contributed by atoms with Crippen LogP contribution < -0.4 is 0 Å². The number of aromatic nitrogens is 2. The quantitative estimate of drug-likeness (QED) is 0.859. The molecule has 3 rings (SSSR count). The molecule has 0 saturated carbocycles. The van der Waals surface area contributed by atoms with Gasteiger partial charge in [-0.2, -0.15) is 5.10 Å². The van der Waals surface area contributed by atoms with Gasteiger partial charge < -0.3 is 4.90 Å². The van der Waals surface area contributed by atoms with E-state index >= 15 is 0 Å². The number of hydrogen-bond acceptors (Lipinski definition) is 3. The molecule has 134 valence electrons. The fourth-order valence-corrected chi connectivity index (χ4v) is 3.45. The lowest BCUT2D eigenvalue weighted by Crippen LogP contribution is -2.48. The first-order valence-corrected chi connectivity index (χ1v) is 9.09. The Morgan fingerprint density at radius 3 is 2.44 bits per heavy atom. The molecule has 25 heavy (non-hydrogen) atoms. The summed E-state index contributed by atoms with van der Waals surface area (Å²) in [6.45, 7) is 13.5. The first-order chi connectivity index (χ1) is 12.0. The standard InChI is InChI=1S/C20H28N4O/c1-5-24-14-18(17(4)21-24)13-22-8-10-23(11-9-22)20(25)19-7-6-15(2)12-16(19)3/h6-7,12,14H,5,8-11,13H2,1-4H3. The van der Waals surface area contributed by atoms with Crippen molar-refractivity contribution in [2.75, 3.05) is 26.2 Å². The van der Waals surface area contributed by atoms with E-state index in [9.17, 15) is 4.79 Å². The van der Waals surface area contributed by atoms with Crippen molar-refractivity contribution in [3.8, 4) is 0 Å². The van der Waals surface area contributed by atoms with E-state index in [-0.39, 0.29) is 5.91 Å². The van der Waals surface area contributed by atoms with Gasteiger partial charge >= 0.3 is 0 Å². The Hall–Kier alpha value is -2.14. The van der Waals surface area contributed by atoms with Crippen molar-refractivity contribution < 1.29 is 4.79 Å². The van der Waals surface area contributed by atoms with Gasteiger partial charge in [-0.15, -0.1) is 0 Å². The Kier molecular flexibility index (Phi) is 5.23. The molecule has 0 unspecified atom stereocenters. The predicted octanol–water partition coefficient (Wildman–Crippen LogP) is 2.79. The molecular weight excluding hydrogens is 312 g/mol. The number of aryl methyl sites for hydroxylation is 4. The molecule has 0 bridgehead atoms. The number of carbonyl (C=O) groups is 1. The monoisotopic (exact) mass is 340 g/mol. The van der Waals surface area contributed by atoms with Crippen molar-refractivity contribution >= 4 is 5.91 Å². The maximum atomic E-state index is 12.8. The van der Waals surface area contributed by atoms with Crippen LogP contribution in [0.15, 0.2) is 24.4 Å². The third-order valence-corrected chi connectivity index (χ3v) is 5.04. The number of rotatable bonds is 4. The van der Waals surface area contributed by atoms with Gasteiger partial charge in [-0.05, 0) is 39.3 Å². The summed E-state index contributed by atoms with van der Waals surface area (Å²) in [7, 11) is 0. The van der Waals surface area contributed by atoms with E-state index in [1.54, 1.807) is 0 Å². The number of benzene rings is 1. The van der Waals surface area contributed by atoms with Gasteiger partial charge in [-0.25, -0.2) is 0 Å². The van der Waals surface area contributed by atoms with Crippen molar-refractivity contribution in [2.24, 2.45) is 0 Å². The number of nitrogens with zero attached hydrogens (tertiary/aromatic N) is 4. The molecule has 1 aromatic heterocycles. The first kappa shape index (κ1) is 17.7. The minimum atomic E-state index is 0.159. The van der Waals surface area contributed by atoms with Crippen LogP contribution in [0.3, 0.4) is 0 Å². The second kappa shape index (κ2) is 7.40. The van der Waals surface area contributed by atoms with Crippen LogP contribution in [0.2, 0.25) is 0 Å². The molecule has 0 radical (unpaired) electrons. The second-order valence-electron chi connectivity index (χ2n) is 6.98. The zero-order chi connectivity index (χ0) is 18.0.